The van der Waals surface area contributed by atoms with E-state index >= 15 is 0 Å². The van der Waals surface area contributed by atoms with E-state index in [9.17, 15) is 9.59 Å². The Balaban J connectivity index is 0.00000240. The van der Waals surface area contributed by atoms with Crippen molar-refractivity contribution < 1.29 is 50.0 Å². The first-order chi connectivity index (χ1) is 14.0. The molecule has 0 spiro atoms. The monoisotopic (exact) mass is 420 g/mol. The van der Waals surface area contributed by atoms with Crippen LogP contribution in [-0.2, 0) is 16.1 Å². The summed E-state index contributed by atoms with van der Waals surface area (Å²) in [5.74, 6) is 0.572. The second-order valence-electron chi connectivity index (χ2n) is 6.50. The van der Waals surface area contributed by atoms with Gasteiger partial charge in [0, 0.05) is 12.0 Å². The molecule has 3 aromatic rings. The van der Waals surface area contributed by atoms with Crippen LogP contribution in [0.2, 0.25) is 0 Å². The van der Waals surface area contributed by atoms with Crippen LogP contribution in [0.5, 0.6) is 11.5 Å². The molecule has 7 nitrogen and oxygen atoms in total. The van der Waals surface area contributed by atoms with Gasteiger partial charge in [-0.25, -0.2) is 9.48 Å². The molecule has 0 aliphatic heterocycles. The van der Waals surface area contributed by atoms with Crippen molar-refractivity contribution in [3.05, 3.63) is 64.6 Å². The summed E-state index contributed by atoms with van der Waals surface area (Å²) in [6, 6.07) is 14.1. The number of nitrogens with zero attached hydrogens (tertiary/aromatic N) is 2. The van der Waals surface area contributed by atoms with Gasteiger partial charge in [-0.15, -0.1) is 0 Å². The molecule has 0 aliphatic carbocycles. The number of esters is 1. The van der Waals surface area contributed by atoms with E-state index in [-0.39, 0.29) is 43.2 Å². The fourth-order valence-electron chi connectivity index (χ4n) is 2.93. The Bertz CT molecular complexity index is 1060. The van der Waals surface area contributed by atoms with Gasteiger partial charge in [0.05, 0.1) is 17.6 Å². The van der Waals surface area contributed by atoms with Crippen molar-refractivity contribution >= 4 is 16.7 Å². The number of aromatic nitrogens is 2. The third-order valence-electron chi connectivity index (χ3n) is 4.41. The van der Waals surface area contributed by atoms with Gasteiger partial charge >= 0.3 is 35.5 Å². The quantitative estimate of drug-likeness (QED) is 0.295. The van der Waals surface area contributed by atoms with Gasteiger partial charge < -0.3 is 15.6 Å². The molecule has 0 saturated carbocycles. The van der Waals surface area contributed by atoms with Crippen molar-refractivity contribution in [3.8, 4) is 11.5 Å². The number of carbonyl (C=O) groups excluding carboxylic acids is 1. The van der Waals surface area contributed by atoms with E-state index in [0.717, 1.165) is 11.1 Å². The summed E-state index contributed by atoms with van der Waals surface area (Å²) in [5.41, 5.74) is 0.660. The maximum Gasteiger partial charge on any atom is 1.00 e. The molecule has 0 amide bonds. The predicted octanol–water partition coefficient (Wildman–Crippen LogP) is 0.231. The summed E-state index contributed by atoms with van der Waals surface area (Å²) in [6.07, 6.45) is -0.618. The first kappa shape index (κ1) is 24.1. The van der Waals surface area contributed by atoms with Crippen LogP contribution < -0.4 is 44.6 Å². The summed E-state index contributed by atoms with van der Waals surface area (Å²) in [4.78, 5) is 24.4. The Labute approximate surface area is 198 Å². The number of hydrogen-bond donors (Lipinski definition) is 0. The van der Waals surface area contributed by atoms with Gasteiger partial charge in [0.1, 0.15) is 18.1 Å². The molecule has 0 saturated heterocycles. The van der Waals surface area contributed by atoms with E-state index < -0.39 is 12.1 Å². The summed E-state index contributed by atoms with van der Waals surface area (Å²) in [5, 5.41) is 5.87. The Morgan fingerprint density at radius 2 is 1.73 bits per heavy atom. The van der Waals surface area contributed by atoms with Gasteiger partial charge in [0.15, 0.2) is 6.10 Å². The zero-order chi connectivity index (χ0) is 20.8. The molecule has 0 bridgehead atoms. The van der Waals surface area contributed by atoms with Crippen LogP contribution in [-0.4, -0.2) is 35.1 Å². The fourth-order valence-corrected chi connectivity index (χ4v) is 2.93. The minimum absolute atomic E-state index is 0. The maximum atomic E-state index is 12.6. The number of rotatable bonds is 8. The molecule has 154 valence electrons. The van der Waals surface area contributed by atoms with Gasteiger partial charge in [-0.1, -0.05) is 18.2 Å². The van der Waals surface area contributed by atoms with Crippen LogP contribution >= 0.6 is 0 Å². The van der Waals surface area contributed by atoms with Gasteiger partial charge in [-0.3, -0.25) is 4.79 Å². The van der Waals surface area contributed by atoms with Crippen LogP contribution in [0.3, 0.4) is 0 Å². The number of fused-ring (bicyclic) bond motifs is 1. The topological polar surface area (TPSA) is 79.7 Å². The van der Waals surface area contributed by atoms with Gasteiger partial charge in [-0.2, -0.15) is 5.10 Å². The summed E-state index contributed by atoms with van der Waals surface area (Å²) >= 11 is 0. The average molecular weight is 420 g/mol. The van der Waals surface area contributed by atoms with Crippen LogP contribution in [0.4, 0.5) is 0 Å². The molecular formula is C22H25N2NaO5. The maximum absolute atomic E-state index is 12.6. The van der Waals surface area contributed by atoms with Crippen molar-refractivity contribution in [3.63, 3.8) is 0 Å². The van der Waals surface area contributed by atoms with Crippen molar-refractivity contribution in [1.29, 1.82) is 0 Å². The largest absolute Gasteiger partial charge is 1.00 e. The van der Waals surface area contributed by atoms with E-state index in [1.54, 1.807) is 37.3 Å². The molecule has 0 radical (unpaired) electrons. The van der Waals surface area contributed by atoms with E-state index in [4.69, 9.17) is 14.2 Å². The van der Waals surface area contributed by atoms with Crippen molar-refractivity contribution in [2.45, 2.75) is 33.4 Å². The average Bonchev–Trinajstić information content (AvgIpc) is 2.73. The Morgan fingerprint density at radius 1 is 1.10 bits per heavy atom. The van der Waals surface area contributed by atoms with Crippen molar-refractivity contribution in [2.75, 3.05) is 13.2 Å². The Hall–Kier alpha value is -2.19. The zero-order valence-electron chi connectivity index (χ0n) is 18.8. The fraction of sp³-hybridized carbons (Fsp3) is 0.318. The molecule has 0 fully saturated rings. The molecule has 2 aromatic carbocycles. The molecule has 3 rings (SSSR count). The third kappa shape index (κ3) is 5.92. The molecule has 0 aliphatic rings. The first-order valence-electron chi connectivity index (χ1n) is 9.52. The predicted molar refractivity (Wildman–Crippen MR) is 111 cm³/mol. The van der Waals surface area contributed by atoms with Crippen molar-refractivity contribution in [2.24, 2.45) is 0 Å². The molecule has 1 atom stereocenters. The molecule has 1 heterocycles. The SMILES string of the molecule is CCOC(C)C(=O)Oc1ccc(OCCn2nc(C)c3ccccc3c2=O)cc1.[H-].[Na+]. The molecule has 1 aromatic heterocycles. The van der Waals surface area contributed by atoms with Crippen LogP contribution in [0, 0.1) is 6.92 Å². The number of hydrogen-bond acceptors (Lipinski definition) is 6. The summed E-state index contributed by atoms with van der Waals surface area (Å²) in [7, 11) is 0. The van der Waals surface area contributed by atoms with E-state index in [0.29, 0.717) is 30.0 Å². The first-order valence-corrected chi connectivity index (χ1v) is 9.52. The Kier molecular flexibility index (Phi) is 9.05. The van der Waals surface area contributed by atoms with E-state index in [2.05, 4.69) is 5.10 Å². The Morgan fingerprint density at radius 3 is 2.40 bits per heavy atom. The minimum atomic E-state index is -0.618. The van der Waals surface area contributed by atoms with Crippen LogP contribution in [0.1, 0.15) is 21.0 Å². The number of carbonyl (C=O) groups is 1. The molecule has 8 heteroatoms. The van der Waals surface area contributed by atoms with Crippen LogP contribution in [0.25, 0.3) is 10.8 Å². The molecule has 1 unspecified atom stereocenters. The van der Waals surface area contributed by atoms with E-state index in [1.165, 1.54) is 4.68 Å². The van der Waals surface area contributed by atoms with Gasteiger partial charge in [0.2, 0.25) is 0 Å². The van der Waals surface area contributed by atoms with Gasteiger partial charge in [-0.05, 0) is 51.1 Å². The zero-order valence-corrected chi connectivity index (χ0v) is 19.8. The molecule has 30 heavy (non-hydrogen) atoms. The van der Waals surface area contributed by atoms with E-state index in [1.807, 2.05) is 32.0 Å². The second kappa shape index (κ2) is 11.3. The number of ether oxygens (including phenoxy) is 3. The van der Waals surface area contributed by atoms with Crippen LogP contribution in [0.15, 0.2) is 53.3 Å². The summed E-state index contributed by atoms with van der Waals surface area (Å²) < 4.78 is 17.6. The van der Waals surface area contributed by atoms with Crippen molar-refractivity contribution in [1.82, 2.24) is 9.78 Å². The number of benzene rings is 2. The molecule has 0 N–H and O–H groups in total. The molecular weight excluding hydrogens is 395 g/mol. The third-order valence-corrected chi connectivity index (χ3v) is 4.41. The summed E-state index contributed by atoms with van der Waals surface area (Å²) in [6.45, 7) is 6.40. The number of aryl methyl sites for hydroxylation is 1. The smallest absolute Gasteiger partial charge is 1.00 e. The standard InChI is InChI=1S/C22H24N2O5.Na.H/c1-4-27-16(3)22(26)29-18-11-9-17(10-12-18)28-14-13-24-21(25)20-8-6-5-7-19(20)15(2)23-24;;/h5-12,16H,4,13-14H2,1-3H3;;/q;+1;-1. The van der Waals surface area contributed by atoms with Gasteiger partial charge in [0.25, 0.3) is 5.56 Å². The minimum Gasteiger partial charge on any atom is -1.00 e. The normalized spacial score (nSPS) is 11.6. The second-order valence-corrected chi connectivity index (χ2v) is 6.50.